The molecule has 0 aliphatic carbocycles. The molecule has 2 heterocycles. The Hall–Kier alpha value is -2.76. The zero-order valence-electron chi connectivity index (χ0n) is 35.4. The largest absolute Gasteiger partial charge is 0.352 e. The highest BCUT2D eigenvalue weighted by Crippen LogP contribution is 2.14. The highest BCUT2D eigenvalue weighted by molar-refractivity contribution is 5.94. The van der Waals surface area contributed by atoms with Gasteiger partial charge in [0.2, 0.25) is 0 Å². The number of rotatable bonds is 37. The number of pyridine rings is 2. The van der Waals surface area contributed by atoms with E-state index in [1.807, 2.05) is 49.1 Å². The maximum atomic E-state index is 12.6. The Morgan fingerprint density at radius 3 is 0.870 bits per heavy atom. The van der Waals surface area contributed by atoms with E-state index in [1.165, 1.54) is 180 Å². The minimum Gasteiger partial charge on any atom is -0.352 e. The van der Waals surface area contributed by atoms with Crippen LogP contribution in [0.2, 0.25) is 0 Å². The molecular formula is C48H84N4O2+2. The molecule has 0 radical (unpaired) electrons. The lowest BCUT2D eigenvalue weighted by Crippen LogP contribution is -2.34. The Labute approximate surface area is 333 Å². The zero-order valence-corrected chi connectivity index (χ0v) is 35.4. The van der Waals surface area contributed by atoms with Crippen LogP contribution in [0.3, 0.4) is 0 Å². The van der Waals surface area contributed by atoms with Crippen LogP contribution in [0.25, 0.3) is 0 Å². The number of aryl methyl sites for hydroxylation is 2. The van der Waals surface area contributed by atoms with E-state index in [1.54, 1.807) is 0 Å². The topological polar surface area (TPSA) is 66.0 Å². The summed E-state index contributed by atoms with van der Waals surface area (Å²) in [5, 5.41) is 6.05. The molecule has 54 heavy (non-hydrogen) atoms. The van der Waals surface area contributed by atoms with Gasteiger partial charge in [-0.1, -0.05) is 168 Å². The lowest BCUT2D eigenvalue weighted by molar-refractivity contribution is -0.697. The number of nitrogens with one attached hydrogen (secondary N) is 2. The van der Waals surface area contributed by atoms with Crippen molar-refractivity contribution >= 4 is 11.8 Å². The molecule has 0 saturated carbocycles. The van der Waals surface area contributed by atoms with E-state index in [4.69, 9.17) is 0 Å². The molecular weight excluding hydrogens is 665 g/mol. The zero-order chi connectivity index (χ0) is 38.6. The summed E-state index contributed by atoms with van der Waals surface area (Å²) < 4.78 is 4.38. The molecule has 0 aliphatic heterocycles. The fourth-order valence-corrected chi connectivity index (χ4v) is 7.35. The minimum absolute atomic E-state index is 0.0330. The summed E-state index contributed by atoms with van der Waals surface area (Å²) >= 11 is 0. The summed E-state index contributed by atoms with van der Waals surface area (Å²) in [4.78, 5) is 25.2. The van der Waals surface area contributed by atoms with Crippen LogP contribution in [0.5, 0.6) is 0 Å². The number of hydrogen-bond donors (Lipinski definition) is 2. The molecule has 0 aliphatic rings. The first-order valence-electron chi connectivity index (χ1n) is 23.2. The van der Waals surface area contributed by atoms with Crippen molar-refractivity contribution < 1.29 is 18.7 Å². The molecule has 0 unspecified atom stereocenters. The van der Waals surface area contributed by atoms with Crippen molar-refractivity contribution in [2.75, 3.05) is 13.1 Å². The molecule has 6 heteroatoms. The molecule has 0 spiro atoms. The highest BCUT2D eigenvalue weighted by atomic mass is 16.2. The van der Waals surface area contributed by atoms with Crippen molar-refractivity contribution in [3.05, 3.63) is 60.2 Å². The Morgan fingerprint density at radius 2 is 0.611 bits per heavy atom. The third-order valence-electron chi connectivity index (χ3n) is 11.0. The van der Waals surface area contributed by atoms with Crippen molar-refractivity contribution in [2.24, 2.45) is 0 Å². The van der Waals surface area contributed by atoms with Gasteiger partial charge >= 0.3 is 0 Å². The van der Waals surface area contributed by atoms with Crippen LogP contribution in [-0.4, -0.2) is 24.9 Å². The molecule has 0 atom stereocenters. The van der Waals surface area contributed by atoms with E-state index >= 15 is 0 Å². The summed E-state index contributed by atoms with van der Waals surface area (Å²) in [7, 11) is 0. The molecule has 2 rings (SSSR count). The number of carbonyl (C=O) groups is 2. The average Bonchev–Trinajstić information content (AvgIpc) is 3.19. The van der Waals surface area contributed by atoms with E-state index in [0.717, 1.165) is 25.9 Å². The van der Waals surface area contributed by atoms with Crippen molar-refractivity contribution in [3.63, 3.8) is 0 Å². The van der Waals surface area contributed by atoms with Crippen LogP contribution in [-0.2, 0) is 13.1 Å². The number of aromatic nitrogens is 2. The van der Waals surface area contributed by atoms with E-state index in [9.17, 15) is 9.59 Å². The van der Waals surface area contributed by atoms with Crippen LogP contribution in [0.1, 0.15) is 227 Å². The van der Waals surface area contributed by atoms with Crippen LogP contribution in [0.4, 0.5) is 0 Å². The standard InChI is InChI=1S/C48H82N4O2/c1-3-5-7-9-11-13-15-17-19-21-23-25-27-31-39-51-41-33-45(34-42-51)47(53)49-37-29-30-38-50-48(54)46-35-43-52(44-36-46)40-32-28-26-24-22-20-18-16-14-12-10-8-6-4-2/h33-36,41-44H,3-32,37-40H2,1-2H3/p+2. The molecule has 2 amide bonds. The van der Waals surface area contributed by atoms with E-state index in [0.29, 0.717) is 24.2 Å². The van der Waals surface area contributed by atoms with Gasteiger partial charge in [0, 0.05) is 50.2 Å². The minimum atomic E-state index is -0.0330. The van der Waals surface area contributed by atoms with Crippen molar-refractivity contribution in [1.29, 1.82) is 0 Å². The van der Waals surface area contributed by atoms with Crippen molar-refractivity contribution in [3.8, 4) is 0 Å². The quantitative estimate of drug-likeness (QED) is 0.0534. The van der Waals surface area contributed by atoms with Crippen LogP contribution in [0.15, 0.2) is 49.1 Å². The number of hydrogen-bond acceptors (Lipinski definition) is 2. The smallest absolute Gasteiger partial charge is 0.251 e. The summed E-state index contributed by atoms with van der Waals surface area (Å²) in [6, 6.07) is 7.68. The predicted molar refractivity (Wildman–Crippen MR) is 228 cm³/mol. The maximum Gasteiger partial charge on any atom is 0.251 e. The lowest BCUT2D eigenvalue weighted by atomic mass is 10.0. The Balaban J connectivity index is 1.40. The normalized spacial score (nSPS) is 11.2. The Bertz CT molecular complexity index is 1060. The second-order valence-electron chi connectivity index (χ2n) is 16.1. The fourth-order valence-electron chi connectivity index (χ4n) is 7.35. The lowest BCUT2D eigenvalue weighted by Gasteiger charge is -2.07. The number of unbranched alkanes of at least 4 members (excludes halogenated alkanes) is 27. The summed E-state index contributed by atoms with van der Waals surface area (Å²) in [5.41, 5.74) is 1.40. The molecule has 0 aromatic carbocycles. The van der Waals surface area contributed by atoms with Crippen molar-refractivity contribution in [1.82, 2.24) is 10.6 Å². The number of nitrogens with zero attached hydrogens (tertiary/aromatic N) is 2. The molecule has 0 bridgehead atoms. The Morgan fingerprint density at radius 1 is 0.370 bits per heavy atom. The second kappa shape index (κ2) is 34.7. The first-order chi connectivity index (χ1) is 26.6. The van der Waals surface area contributed by atoms with Crippen LogP contribution < -0.4 is 19.8 Å². The Kier molecular flexibility index (Phi) is 30.5. The number of amides is 2. The van der Waals surface area contributed by atoms with Gasteiger partial charge in [-0.25, -0.2) is 9.13 Å². The van der Waals surface area contributed by atoms with Gasteiger partial charge in [0.25, 0.3) is 11.8 Å². The molecule has 306 valence electrons. The molecule has 2 aromatic rings. The average molecular weight is 749 g/mol. The van der Waals surface area contributed by atoms with Gasteiger partial charge in [-0.15, -0.1) is 0 Å². The van der Waals surface area contributed by atoms with Crippen LogP contribution in [0, 0.1) is 0 Å². The van der Waals surface area contributed by atoms with Gasteiger partial charge < -0.3 is 10.6 Å². The predicted octanol–water partition coefficient (Wildman–Crippen LogP) is 12.2. The molecule has 2 aromatic heterocycles. The van der Waals surface area contributed by atoms with Crippen LogP contribution >= 0.6 is 0 Å². The van der Waals surface area contributed by atoms with Gasteiger partial charge in [-0.05, 0) is 25.7 Å². The van der Waals surface area contributed by atoms with E-state index in [2.05, 4.69) is 33.6 Å². The highest BCUT2D eigenvalue weighted by Gasteiger charge is 2.10. The van der Waals surface area contributed by atoms with E-state index in [-0.39, 0.29) is 11.8 Å². The van der Waals surface area contributed by atoms with Gasteiger partial charge in [0.1, 0.15) is 13.1 Å². The first-order valence-corrected chi connectivity index (χ1v) is 23.2. The molecule has 0 fully saturated rings. The van der Waals surface area contributed by atoms with Gasteiger partial charge in [-0.3, -0.25) is 9.59 Å². The van der Waals surface area contributed by atoms with Gasteiger partial charge in [0.15, 0.2) is 24.8 Å². The first kappa shape index (κ1) is 47.4. The monoisotopic (exact) mass is 749 g/mol. The summed E-state index contributed by atoms with van der Waals surface area (Å²) in [6.07, 6.45) is 48.2. The molecule has 6 nitrogen and oxygen atoms in total. The van der Waals surface area contributed by atoms with Crippen molar-refractivity contribution in [2.45, 2.75) is 220 Å². The molecule has 2 N–H and O–H groups in total. The second-order valence-corrected chi connectivity index (χ2v) is 16.1. The van der Waals surface area contributed by atoms with Gasteiger partial charge in [0.05, 0.1) is 11.1 Å². The SMILES string of the molecule is CCCCCCCCCCCCCCCC[n+]1ccc(C(=O)NCCCCNC(=O)c2cc[n+](CCCCCCCCCCCCCCCC)cc2)cc1. The third-order valence-corrected chi connectivity index (χ3v) is 11.0. The summed E-state index contributed by atoms with van der Waals surface area (Å²) in [6.45, 7) is 7.79. The summed E-state index contributed by atoms with van der Waals surface area (Å²) in [5.74, 6) is -0.0660. The third kappa shape index (κ3) is 26.1. The molecule has 0 saturated heterocycles. The van der Waals surface area contributed by atoms with E-state index < -0.39 is 0 Å². The maximum absolute atomic E-state index is 12.6. The number of carbonyl (C=O) groups excluding carboxylic acids is 2. The van der Waals surface area contributed by atoms with Gasteiger partial charge in [-0.2, -0.15) is 0 Å². The fraction of sp³-hybridized carbons (Fsp3) is 0.750.